The van der Waals surface area contributed by atoms with Crippen LogP contribution in [0.25, 0.3) is 0 Å². The van der Waals surface area contributed by atoms with Crippen molar-refractivity contribution in [2.24, 2.45) is 5.92 Å². The zero-order valence-electron chi connectivity index (χ0n) is 14.3. The highest BCUT2D eigenvalue weighted by Gasteiger charge is 2.36. The Labute approximate surface area is 143 Å². The number of nitrogens with zero attached hydrogens (tertiary/aromatic N) is 3. The molecule has 2 heterocycles. The second-order valence-corrected chi connectivity index (χ2v) is 8.83. The van der Waals surface area contributed by atoms with Crippen LogP contribution in [0.1, 0.15) is 52.0 Å². The van der Waals surface area contributed by atoms with Crippen LogP contribution in [0.4, 0.5) is 0 Å². The molecule has 1 saturated carbocycles. The Bertz CT molecular complexity index is 692. The third kappa shape index (κ3) is 3.49. The molecule has 1 amide bonds. The maximum absolute atomic E-state index is 12.5. The van der Waals surface area contributed by atoms with Gasteiger partial charge in [0.25, 0.3) is 10.0 Å². The quantitative estimate of drug-likeness (QED) is 0.840. The summed E-state index contributed by atoms with van der Waals surface area (Å²) in [6.07, 6.45) is 6.46. The monoisotopic (exact) mass is 354 g/mol. The van der Waals surface area contributed by atoms with Gasteiger partial charge in [0.2, 0.25) is 5.91 Å². The summed E-state index contributed by atoms with van der Waals surface area (Å²) < 4.78 is 29.2. The first-order valence-electron chi connectivity index (χ1n) is 8.71. The van der Waals surface area contributed by atoms with E-state index in [-0.39, 0.29) is 22.9 Å². The molecule has 7 nitrogen and oxygen atoms in total. The Morgan fingerprint density at radius 3 is 2.71 bits per heavy atom. The van der Waals surface area contributed by atoms with Gasteiger partial charge in [0.05, 0.1) is 6.20 Å². The highest BCUT2D eigenvalue weighted by atomic mass is 32.2. The van der Waals surface area contributed by atoms with Crippen LogP contribution in [0.15, 0.2) is 17.3 Å². The minimum atomic E-state index is -3.61. The van der Waals surface area contributed by atoms with Crippen LogP contribution >= 0.6 is 0 Å². The normalized spacial score (nSPS) is 22.9. The standard InChI is InChI=1S/C16H26N4O3S/c1-12(2)20-16(7-8-17-20)24(22,23)18-10-13-9-15(21)19(11-13)14-5-3-4-6-14/h7-8,12-14,18H,3-6,9-11H2,1-2H3/t13-/m1/s1. The topological polar surface area (TPSA) is 84.3 Å². The molecule has 0 bridgehead atoms. The number of amides is 1. The highest BCUT2D eigenvalue weighted by Crippen LogP contribution is 2.29. The summed E-state index contributed by atoms with van der Waals surface area (Å²) in [5, 5.41) is 4.25. The summed E-state index contributed by atoms with van der Waals surface area (Å²) in [7, 11) is -3.61. The molecule has 0 radical (unpaired) electrons. The number of hydrogen-bond donors (Lipinski definition) is 1. The molecule has 1 N–H and O–H groups in total. The number of sulfonamides is 1. The maximum atomic E-state index is 12.5. The van der Waals surface area contributed by atoms with Crippen molar-refractivity contribution in [3.63, 3.8) is 0 Å². The number of nitrogens with one attached hydrogen (secondary N) is 1. The summed E-state index contributed by atoms with van der Waals surface area (Å²) in [4.78, 5) is 14.2. The van der Waals surface area contributed by atoms with Gasteiger partial charge in [0, 0.05) is 31.6 Å². The number of likely N-dealkylation sites (tertiary alicyclic amines) is 1. The summed E-state index contributed by atoms with van der Waals surface area (Å²) in [6.45, 7) is 4.73. The van der Waals surface area contributed by atoms with E-state index < -0.39 is 10.0 Å². The molecule has 0 unspecified atom stereocenters. The van der Waals surface area contributed by atoms with Gasteiger partial charge >= 0.3 is 0 Å². The number of hydrogen-bond acceptors (Lipinski definition) is 4. The molecular weight excluding hydrogens is 328 g/mol. The van der Waals surface area contributed by atoms with Crippen molar-refractivity contribution in [2.75, 3.05) is 13.1 Å². The molecule has 0 aromatic carbocycles. The fraction of sp³-hybridized carbons (Fsp3) is 0.750. The molecule has 2 fully saturated rings. The molecule has 3 rings (SSSR count). The van der Waals surface area contributed by atoms with E-state index in [4.69, 9.17) is 0 Å². The van der Waals surface area contributed by atoms with E-state index in [0.717, 1.165) is 12.8 Å². The van der Waals surface area contributed by atoms with E-state index in [1.54, 1.807) is 0 Å². The van der Waals surface area contributed by atoms with Gasteiger partial charge in [-0.25, -0.2) is 13.1 Å². The van der Waals surface area contributed by atoms with E-state index in [0.29, 0.717) is 25.6 Å². The van der Waals surface area contributed by atoms with Gasteiger partial charge in [0.15, 0.2) is 5.03 Å². The van der Waals surface area contributed by atoms with E-state index in [2.05, 4.69) is 9.82 Å². The minimum absolute atomic E-state index is 0.0301. The van der Waals surface area contributed by atoms with Gasteiger partial charge in [-0.05, 0) is 38.7 Å². The molecule has 1 aromatic rings. The second-order valence-electron chi connectivity index (χ2n) is 7.11. The Morgan fingerprint density at radius 2 is 2.04 bits per heavy atom. The van der Waals surface area contributed by atoms with E-state index in [9.17, 15) is 13.2 Å². The smallest absolute Gasteiger partial charge is 0.257 e. The van der Waals surface area contributed by atoms with Crippen LogP contribution in [0.5, 0.6) is 0 Å². The molecule has 2 aliphatic rings. The molecule has 134 valence electrons. The molecule has 1 aliphatic carbocycles. The maximum Gasteiger partial charge on any atom is 0.257 e. The van der Waals surface area contributed by atoms with Crippen molar-refractivity contribution in [3.05, 3.63) is 12.3 Å². The zero-order chi connectivity index (χ0) is 17.3. The fourth-order valence-electron chi connectivity index (χ4n) is 3.72. The number of carbonyl (C=O) groups is 1. The van der Waals surface area contributed by atoms with Gasteiger partial charge in [-0.3, -0.25) is 9.48 Å². The van der Waals surface area contributed by atoms with Gasteiger partial charge in [-0.2, -0.15) is 5.10 Å². The van der Waals surface area contributed by atoms with Crippen molar-refractivity contribution in [1.82, 2.24) is 19.4 Å². The second kappa shape index (κ2) is 6.84. The Morgan fingerprint density at radius 1 is 1.33 bits per heavy atom. The number of carbonyl (C=O) groups excluding carboxylic acids is 1. The average molecular weight is 354 g/mol. The molecule has 8 heteroatoms. The van der Waals surface area contributed by atoms with Crippen LogP contribution in [0.2, 0.25) is 0 Å². The third-order valence-corrected chi connectivity index (χ3v) is 6.38. The fourth-order valence-corrected chi connectivity index (χ4v) is 5.07. The van der Waals surface area contributed by atoms with Gasteiger partial charge < -0.3 is 4.90 Å². The first kappa shape index (κ1) is 17.4. The van der Waals surface area contributed by atoms with Crippen molar-refractivity contribution in [2.45, 2.75) is 63.1 Å². The summed E-state index contributed by atoms with van der Waals surface area (Å²) >= 11 is 0. The van der Waals surface area contributed by atoms with Crippen LogP contribution in [0, 0.1) is 5.92 Å². The molecule has 1 saturated heterocycles. The van der Waals surface area contributed by atoms with E-state index in [1.165, 1.54) is 29.8 Å². The molecule has 1 aromatic heterocycles. The van der Waals surface area contributed by atoms with Crippen molar-refractivity contribution >= 4 is 15.9 Å². The lowest BCUT2D eigenvalue weighted by atomic mass is 10.1. The summed E-state index contributed by atoms with van der Waals surface area (Å²) in [6, 6.07) is 1.84. The summed E-state index contributed by atoms with van der Waals surface area (Å²) in [5.74, 6) is 0.210. The molecule has 1 aliphatic heterocycles. The molecule has 24 heavy (non-hydrogen) atoms. The Balaban J connectivity index is 1.61. The largest absolute Gasteiger partial charge is 0.339 e. The zero-order valence-corrected chi connectivity index (χ0v) is 15.1. The average Bonchev–Trinajstić information content (AvgIpc) is 3.25. The van der Waals surface area contributed by atoms with E-state index >= 15 is 0 Å². The van der Waals surface area contributed by atoms with Crippen LogP contribution in [-0.2, 0) is 14.8 Å². The van der Waals surface area contributed by atoms with Gasteiger partial charge in [-0.15, -0.1) is 0 Å². The van der Waals surface area contributed by atoms with Gasteiger partial charge in [-0.1, -0.05) is 12.8 Å². The first-order valence-corrected chi connectivity index (χ1v) is 10.2. The van der Waals surface area contributed by atoms with Crippen molar-refractivity contribution < 1.29 is 13.2 Å². The Hall–Kier alpha value is -1.41. The van der Waals surface area contributed by atoms with Crippen molar-refractivity contribution in [1.29, 1.82) is 0 Å². The van der Waals surface area contributed by atoms with Crippen LogP contribution in [0.3, 0.4) is 0 Å². The number of rotatable bonds is 6. The lowest BCUT2D eigenvalue weighted by Gasteiger charge is -2.24. The molecular formula is C16H26N4O3S. The lowest BCUT2D eigenvalue weighted by molar-refractivity contribution is -0.129. The van der Waals surface area contributed by atoms with Gasteiger partial charge in [0.1, 0.15) is 0 Å². The van der Waals surface area contributed by atoms with Crippen LogP contribution in [-0.4, -0.2) is 48.1 Å². The predicted octanol–water partition coefficient (Wildman–Crippen LogP) is 1.53. The first-order chi connectivity index (χ1) is 11.4. The van der Waals surface area contributed by atoms with Crippen LogP contribution < -0.4 is 4.72 Å². The number of aromatic nitrogens is 2. The lowest BCUT2D eigenvalue weighted by Crippen LogP contribution is -2.36. The van der Waals surface area contributed by atoms with Crippen molar-refractivity contribution in [3.8, 4) is 0 Å². The minimum Gasteiger partial charge on any atom is -0.339 e. The third-order valence-electron chi connectivity index (χ3n) is 4.96. The highest BCUT2D eigenvalue weighted by molar-refractivity contribution is 7.89. The predicted molar refractivity (Wildman–Crippen MR) is 89.9 cm³/mol. The molecule has 1 atom stereocenters. The Kier molecular flexibility index (Phi) is 4.96. The molecule has 0 spiro atoms. The SMILES string of the molecule is CC(C)n1nccc1S(=O)(=O)NC[C@H]1CC(=O)N(C2CCCC2)C1. The van der Waals surface area contributed by atoms with E-state index in [1.807, 2.05) is 18.7 Å². The summed E-state index contributed by atoms with van der Waals surface area (Å²) in [5.41, 5.74) is 0.